The Morgan fingerprint density at radius 1 is 0.641 bits per heavy atom. The van der Waals surface area contributed by atoms with Crippen LogP contribution in [0.25, 0.3) is 21.9 Å². The van der Waals surface area contributed by atoms with E-state index in [9.17, 15) is 0 Å². The second-order valence-electron chi connectivity index (χ2n) is 11.3. The van der Waals surface area contributed by atoms with Crippen LogP contribution in [0.4, 0.5) is 17.1 Å². The van der Waals surface area contributed by atoms with E-state index in [1.807, 2.05) is 11.8 Å². The molecule has 0 atom stereocenters. The van der Waals surface area contributed by atoms with E-state index in [1.54, 1.807) is 0 Å². The second kappa shape index (κ2) is 9.02. The molecule has 2 aliphatic heterocycles. The van der Waals surface area contributed by atoms with Crippen molar-refractivity contribution in [2.24, 2.45) is 0 Å². The summed E-state index contributed by atoms with van der Waals surface area (Å²) in [5, 5.41) is 2.50. The molecule has 0 aliphatic carbocycles. The summed E-state index contributed by atoms with van der Waals surface area (Å²) >= 11 is 1.83. The summed E-state index contributed by atoms with van der Waals surface area (Å²) in [7, 11) is -0.398. The SMILES string of the molecule is CC1(C)OB(c2ccc3c(c2)Sc2c(ccc4ccccc24)N3c2cccc(-c3ccccc3)c2)OC1(C)C. The minimum Gasteiger partial charge on any atom is -0.399 e. The van der Waals surface area contributed by atoms with Crippen molar-refractivity contribution in [2.75, 3.05) is 4.90 Å². The molecule has 2 aliphatic rings. The fraction of sp³-hybridized carbons (Fsp3) is 0.176. The van der Waals surface area contributed by atoms with Crippen molar-refractivity contribution in [3.63, 3.8) is 0 Å². The first-order valence-electron chi connectivity index (χ1n) is 13.5. The lowest BCUT2D eigenvalue weighted by Crippen LogP contribution is -2.41. The molecule has 0 bridgehead atoms. The van der Waals surface area contributed by atoms with Crippen molar-refractivity contribution < 1.29 is 9.31 Å². The standard InChI is InChI=1S/C34H30BNO2S/c1-33(2)34(3,4)38-35(37-33)26-18-20-29-31(22-26)39-32-28-16-9-8-13-24(28)17-19-30(32)36(29)27-15-10-14-25(21-27)23-11-6-5-7-12-23/h5-22H,1-4H3. The van der Waals surface area contributed by atoms with Gasteiger partial charge >= 0.3 is 7.12 Å². The molecule has 1 fully saturated rings. The molecule has 2 heterocycles. The largest absolute Gasteiger partial charge is 0.494 e. The molecule has 39 heavy (non-hydrogen) atoms. The average molecular weight is 527 g/mol. The van der Waals surface area contributed by atoms with Gasteiger partial charge in [-0.2, -0.15) is 0 Å². The smallest absolute Gasteiger partial charge is 0.399 e. The Kier molecular flexibility index (Phi) is 5.67. The van der Waals surface area contributed by atoms with Crippen molar-refractivity contribution in [3.05, 3.63) is 109 Å². The van der Waals surface area contributed by atoms with E-state index in [0.29, 0.717) is 0 Å². The Balaban J connectivity index is 1.39. The zero-order valence-electron chi connectivity index (χ0n) is 22.6. The number of hydrogen-bond donors (Lipinski definition) is 0. The first-order chi connectivity index (χ1) is 18.8. The Hall–Kier alpha value is -3.51. The van der Waals surface area contributed by atoms with Crippen LogP contribution in [-0.4, -0.2) is 18.3 Å². The van der Waals surface area contributed by atoms with E-state index in [2.05, 4.69) is 142 Å². The lowest BCUT2D eigenvalue weighted by Gasteiger charge is -2.34. The average Bonchev–Trinajstić information content (AvgIpc) is 3.18. The van der Waals surface area contributed by atoms with Crippen LogP contribution in [0.3, 0.4) is 0 Å². The Bertz CT molecular complexity index is 1700. The normalized spacial score (nSPS) is 17.2. The van der Waals surface area contributed by atoms with Crippen LogP contribution >= 0.6 is 11.8 Å². The molecule has 0 aromatic heterocycles. The van der Waals surface area contributed by atoms with Gasteiger partial charge in [0.2, 0.25) is 0 Å². The predicted octanol–water partition coefficient (Wildman–Crippen LogP) is 8.74. The summed E-state index contributed by atoms with van der Waals surface area (Å²) in [6, 6.07) is 39.1. The van der Waals surface area contributed by atoms with Gasteiger partial charge in [-0.05, 0) is 85.4 Å². The highest BCUT2D eigenvalue weighted by atomic mass is 32.2. The Morgan fingerprint density at radius 3 is 2.13 bits per heavy atom. The Morgan fingerprint density at radius 2 is 1.33 bits per heavy atom. The third-order valence-electron chi connectivity index (χ3n) is 8.27. The van der Waals surface area contributed by atoms with E-state index in [1.165, 1.54) is 37.4 Å². The van der Waals surface area contributed by atoms with Gasteiger partial charge in [0.05, 0.1) is 22.6 Å². The van der Waals surface area contributed by atoms with Crippen molar-refractivity contribution in [3.8, 4) is 11.1 Å². The van der Waals surface area contributed by atoms with Gasteiger partial charge in [0, 0.05) is 15.5 Å². The second-order valence-corrected chi connectivity index (χ2v) is 12.4. The van der Waals surface area contributed by atoms with Gasteiger partial charge in [0.1, 0.15) is 0 Å². The van der Waals surface area contributed by atoms with E-state index in [-0.39, 0.29) is 11.2 Å². The number of rotatable bonds is 3. The molecule has 0 amide bonds. The molecule has 7 rings (SSSR count). The minimum absolute atomic E-state index is 0.382. The van der Waals surface area contributed by atoms with E-state index in [0.717, 1.165) is 16.8 Å². The van der Waals surface area contributed by atoms with Gasteiger partial charge in [-0.1, -0.05) is 90.6 Å². The molecule has 0 unspecified atom stereocenters. The molecule has 192 valence electrons. The van der Waals surface area contributed by atoms with Gasteiger partial charge in [-0.25, -0.2) is 0 Å². The van der Waals surface area contributed by atoms with Crippen LogP contribution in [0.15, 0.2) is 119 Å². The number of hydrogen-bond acceptors (Lipinski definition) is 4. The number of nitrogens with zero attached hydrogens (tertiary/aromatic N) is 1. The number of anilines is 3. The van der Waals surface area contributed by atoms with Gasteiger partial charge in [-0.15, -0.1) is 0 Å². The highest BCUT2D eigenvalue weighted by molar-refractivity contribution is 8.00. The molecule has 0 spiro atoms. The first kappa shape index (κ1) is 24.5. The van der Waals surface area contributed by atoms with Crippen molar-refractivity contribution in [2.45, 2.75) is 48.7 Å². The fourth-order valence-corrected chi connectivity index (χ4v) is 6.65. The highest BCUT2D eigenvalue weighted by Gasteiger charge is 2.51. The Labute approximate surface area is 234 Å². The van der Waals surface area contributed by atoms with Crippen LogP contribution in [-0.2, 0) is 9.31 Å². The van der Waals surface area contributed by atoms with Crippen LogP contribution in [0.5, 0.6) is 0 Å². The maximum atomic E-state index is 6.41. The summed E-state index contributed by atoms with van der Waals surface area (Å²) in [5.74, 6) is 0. The van der Waals surface area contributed by atoms with Crippen LogP contribution in [0.2, 0.25) is 0 Å². The van der Waals surface area contributed by atoms with Crippen LogP contribution in [0, 0.1) is 0 Å². The first-order valence-corrected chi connectivity index (χ1v) is 14.3. The minimum atomic E-state index is -0.398. The zero-order valence-corrected chi connectivity index (χ0v) is 23.5. The quantitative estimate of drug-likeness (QED) is 0.215. The van der Waals surface area contributed by atoms with Crippen molar-refractivity contribution in [1.82, 2.24) is 0 Å². The highest BCUT2D eigenvalue weighted by Crippen LogP contribution is 2.53. The number of fused-ring (bicyclic) bond motifs is 4. The van der Waals surface area contributed by atoms with Crippen molar-refractivity contribution >= 4 is 52.2 Å². The van der Waals surface area contributed by atoms with Crippen molar-refractivity contribution in [1.29, 1.82) is 0 Å². The molecular formula is C34H30BNO2S. The summed E-state index contributed by atoms with van der Waals surface area (Å²) < 4.78 is 12.8. The molecule has 5 aromatic rings. The van der Waals surface area contributed by atoms with Crippen LogP contribution < -0.4 is 10.4 Å². The molecular weight excluding hydrogens is 497 g/mol. The van der Waals surface area contributed by atoms with Gasteiger partial charge < -0.3 is 14.2 Å². The molecule has 1 saturated heterocycles. The van der Waals surface area contributed by atoms with Gasteiger partial charge in [0.15, 0.2) is 0 Å². The summed E-state index contributed by atoms with van der Waals surface area (Å²) in [5.41, 5.74) is 6.18. The van der Waals surface area contributed by atoms with Crippen LogP contribution in [0.1, 0.15) is 27.7 Å². The topological polar surface area (TPSA) is 21.7 Å². The molecule has 0 saturated carbocycles. The zero-order chi connectivity index (χ0) is 26.8. The third-order valence-corrected chi connectivity index (χ3v) is 9.45. The number of benzene rings is 5. The molecule has 0 radical (unpaired) electrons. The predicted molar refractivity (Wildman–Crippen MR) is 164 cm³/mol. The summed E-state index contributed by atoms with van der Waals surface area (Å²) in [4.78, 5) is 4.85. The molecule has 5 aromatic carbocycles. The third kappa shape index (κ3) is 4.08. The lowest BCUT2D eigenvalue weighted by atomic mass is 9.79. The summed E-state index contributed by atoms with van der Waals surface area (Å²) in [6.45, 7) is 8.40. The van der Waals surface area contributed by atoms with Gasteiger partial charge in [0.25, 0.3) is 0 Å². The van der Waals surface area contributed by atoms with E-state index < -0.39 is 7.12 Å². The maximum absolute atomic E-state index is 6.41. The van der Waals surface area contributed by atoms with E-state index in [4.69, 9.17) is 9.31 Å². The summed E-state index contributed by atoms with van der Waals surface area (Å²) in [6.07, 6.45) is 0. The monoisotopic (exact) mass is 527 g/mol. The molecule has 0 N–H and O–H groups in total. The maximum Gasteiger partial charge on any atom is 0.494 e. The van der Waals surface area contributed by atoms with E-state index >= 15 is 0 Å². The lowest BCUT2D eigenvalue weighted by molar-refractivity contribution is 0.00578. The fourth-order valence-electron chi connectivity index (χ4n) is 5.41. The molecule has 3 nitrogen and oxygen atoms in total. The van der Waals surface area contributed by atoms with Gasteiger partial charge in [-0.3, -0.25) is 0 Å². The molecule has 5 heteroatoms.